The molecule has 1 fully saturated rings. The number of hydrogen-bond acceptors (Lipinski definition) is 3. The Labute approximate surface area is 107 Å². The van der Waals surface area contributed by atoms with Gasteiger partial charge in [-0.3, -0.25) is 9.48 Å². The highest BCUT2D eigenvalue weighted by Gasteiger charge is 2.36. The van der Waals surface area contributed by atoms with Crippen LogP contribution in [0, 0.1) is 17.2 Å². The molecule has 1 aromatic rings. The second kappa shape index (κ2) is 4.81. The first-order valence-electron chi connectivity index (χ1n) is 6.28. The van der Waals surface area contributed by atoms with Gasteiger partial charge in [-0.15, -0.1) is 0 Å². The van der Waals surface area contributed by atoms with E-state index in [4.69, 9.17) is 0 Å². The van der Waals surface area contributed by atoms with Crippen LogP contribution < -0.4 is 5.32 Å². The molecule has 1 amide bonds. The third-order valence-electron chi connectivity index (χ3n) is 3.64. The molecule has 0 aromatic carbocycles. The van der Waals surface area contributed by atoms with Gasteiger partial charge in [0.1, 0.15) is 11.2 Å². The lowest BCUT2D eigenvalue weighted by Crippen LogP contribution is -2.49. The molecule has 0 unspecified atom stereocenters. The summed E-state index contributed by atoms with van der Waals surface area (Å²) in [6.45, 7) is 2.18. The lowest BCUT2D eigenvalue weighted by molar-refractivity contribution is 0.0888. The third kappa shape index (κ3) is 2.53. The fourth-order valence-electron chi connectivity index (χ4n) is 2.34. The highest BCUT2D eigenvalue weighted by molar-refractivity contribution is 5.93. The van der Waals surface area contributed by atoms with Gasteiger partial charge in [0.2, 0.25) is 0 Å². The smallest absolute Gasteiger partial charge is 0.273 e. The number of carbonyl (C=O) groups is 1. The van der Waals surface area contributed by atoms with E-state index < -0.39 is 5.54 Å². The Kier molecular flexibility index (Phi) is 3.37. The molecule has 0 saturated heterocycles. The molecule has 1 heterocycles. The molecule has 5 nitrogen and oxygen atoms in total. The van der Waals surface area contributed by atoms with E-state index >= 15 is 0 Å². The standard InChI is InChI=1S/C13H18N4O/c1-10-3-6-13(9-14,7-4-10)15-12(18)11-5-8-17(2)16-11/h5,8,10H,3-4,6-7H2,1-2H3,(H,15,18). The van der Waals surface area contributed by atoms with Crippen LogP contribution in [0.2, 0.25) is 0 Å². The van der Waals surface area contributed by atoms with Crippen molar-refractivity contribution >= 4 is 5.91 Å². The van der Waals surface area contributed by atoms with Gasteiger partial charge in [-0.2, -0.15) is 10.4 Å². The van der Waals surface area contributed by atoms with Gasteiger partial charge in [0.05, 0.1) is 6.07 Å². The molecule has 0 radical (unpaired) electrons. The first-order chi connectivity index (χ1) is 8.54. The zero-order valence-electron chi connectivity index (χ0n) is 10.8. The maximum atomic E-state index is 12.0. The summed E-state index contributed by atoms with van der Waals surface area (Å²) in [5, 5.41) is 16.2. The van der Waals surface area contributed by atoms with Crippen LogP contribution in [-0.4, -0.2) is 21.2 Å². The van der Waals surface area contributed by atoms with Crippen molar-refractivity contribution in [2.24, 2.45) is 13.0 Å². The van der Waals surface area contributed by atoms with E-state index in [0.29, 0.717) is 11.6 Å². The second-order valence-electron chi connectivity index (χ2n) is 5.21. The van der Waals surface area contributed by atoms with Gasteiger partial charge in [-0.25, -0.2) is 0 Å². The number of nitrogens with zero attached hydrogens (tertiary/aromatic N) is 3. The Morgan fingerprint density at radius 3 is 2.78 bits per heavy atom. The fraction of sp³-hybridized carbons (Fsp3) is 0.615. The first kappa shape index (κ1) is 12.6. The van der Waals surface area contributed by atoms with Crippen molar-refractivity contribution in [3.8, 4) is 6.07 Å². The molecule has 96 valence electrons. The Balaban J connectivity index is 2.07. The molecule has 0 aliphatic heterocycles. The van der Waals surface area contributed by atoms with Crippen LogP contribution in [0.5, 0.6) is 0 Å². The lowest BCUT2D eigenvalue weighted by Gasteiger charge is -2.34. The number of aryl methyl sites for hydroxylation is 1. The zero-order chi connectivity index (χ0) is 13.2. The molecular weight excluding hydrogens is 228 g/mol. The molecule has 18 heavy (non-hydrogen) atoms. The highest BCUT2D eigenvalue weighted by atomic mass is 16.2. The van der Waals surface area contributed by atoms with Gasteiger partial charge in [-0.1, -0.05) is 6.92 Å². The van der Waals surface area contributed by atoms with Gasteiger partial charge in [0, 0.05) is 13.2 Å². The lowest BCUT2D eigenvalue weighted by atomic mass is 9.78. The average Bonchev–Trinajstić information content (AvgIpc) is 2.79. The Morgan fingerprint density at radius 2 is 2.28 bits per heavy atom. The SMILES string of the molecule is CC1CCC(C#N)(NC(=O)c2ccn(C)n2)CC1. The van der Waals surface area contributed by atoms with E-state index in [9.17, 15) is 10.1 Å². The monoisotopic (exact) mass is 246 g/mol. The molecule has 1 aliphatic carbocycles. The zero-order valence-corrected chi connectivity index (χ0v) is 10.8. The van der Waals surface area contributed by atoms with Crippen molar-refractivity contribution in [1.82, 2.24) is 15.1 Å². The predicted molar refractivity (Wildman–Crippen MR) is 66.7 cm³/mol. The van der Waals surface area contributed by atoms with Crippen molar-refractivity contribution in [2.45, 2.75) is 38.1 Å². The Bertz CT molecular complexity index is 477. The summed E-state index contributed by atoms with van der Waals surface area (Å²) in [5.41, 5.74) is -0.341. The van der Waals surface area contributed by atoms with Crippen LogP contribution in [0.4, 0.5) is 0 Å². The van der Waals surface area contributed by atoms with E-state index in [1.807, 2.05) is 0 Å². The summed E-state index contributed by atoms with van der Waals surface area (Å²) in [6, 6.07) is 3.94. The molecule has 1 saturated carbocycles. The van der Waals surface area contributed by atoms with E-state index in [2.05, 4.69) is 23.4 Å². The number of nitriles is 1. The number of nitrogens with one attached hydrogen (secondary N) is 1. The fourth-order valence-corrected chi connectivity index (χ4v) is 2.34. The highest BCUT2D eigenvalue weighted by Crippen LogP contribution is 2.31. The molecule has 0 atom stereocenters. The average molecular weight is 246 g/mol. The van der Waals surface area contributed by atoms with Crippen LogP contribution in [-0.2, 0) is 7.05 Å². The van der Waals surface area contributed by atoms with Gasteiger partial charge < -0.3 is 5.32 Å². The number of carbonyl (C=O) groups excluding carboxylic acids is 1. The number of amides is 1. The maximum Gasteiger partial charge on any atom is 0.273 e. The van der Waals surface area contributed by atoms with Gasteiger partial charge in [0.25, 0.3) is 5.91 Å². The van der Waals surface area contributed by atoms with Crippen molar-refractivity contribution in [3.05, 3.63) is 18.0 Å². The molecule has 5 heteroatoms. The van der Waals surface area contributed by atoms with Crippen LogP contribution in [0.3, 0.4) is 0 Å². The molecule has 2 rings (SSSR count). The van der Waals surface area contributed by atoms with Crippen molar-refractivity contribution in [2.75, 3.05) is 0 Å². The van der Waals surface area contributed by atoms with Crippen molar-refractivity contribution in [1.29, 1.82) is 5.26 Å². The summed E-state index contributed by atoms with van der Waals surface area (Å²) < 4.78 is 1.58. The maximum absolute atomic E-state index is 12.0. The van der Waals surface area contributed by atoms with E-state index in [0.717, 1.165) is 25.7 Å². The van der Waals surface area contributed by atoms with Gasteiger partial charge >= 0.3 is 0 Å². The van der Waals surface area contributed by atoms with Crippen LogP contribution in [0.25, 0.3) is 0 Å². The largest absolute Gasteiger partial charge is 0.332 e. The Hall–Kier alpha value is -1.83. The van der Waals surface area contributed by atoms with Gasteiger partial charge in [0.15, 0.2) is 0 Å². The minimum atomic E-state index is -0.707. The summed E-state index contributed by atoms with van der Waals surface area (Å²) in [5.74, 6) is 0.380. The number of hydrogen-bond donors (Lipinski definition) is 1. The number of rotatable bonds is 2. The minimum absolute atomic E-state index is 0.258. The van der Waals surface area contributed by atoms with Crippen molar-refractivity contribution in [3.63, 3.8) is 0 Å². The summed E-state index contributed by atoms with van der Waals surface area (Å²) >= 11 is 0. The van der Waals surface area contributed by atoms with Crippen LogP contribution in [0.1, 0.15) is 43.1 Å². The molecule has 1 N–H and O–H groups in total. The summed E-state index contributed by atoms with van der Waals surface area (Å²) in [7, 11) is 1.76. The quantitative estimate of drug-likeness (QED) is 0.862. The molecule has 1 aliphatic rings. The summed E-state index contributed by atoms with van der Waals surface area (Å²) in [6.07, 6.45) is 5.13. The second-order valence-corrected chi connectivity index (χ2v) is 5.21. The van der Waals surface area contributed by atoms with Crippen LogP contribution in [0.15, 0.2) is 12.3 Å². The van der Waals surface area contributed by atoms with Crippen molar-refractivity contribution < 1.29 is 4.79 Å². The molecule has 0 bridgehead atoms. The molecule has 1 aromatic heterocycles. The topological polar surface area (TPSA) is 70.7 Å². The summed E-state index contributed by atoms with van der Waals surface area (Å²) in [4.78, 5) is 12.0. The normalized spacial score (nSPS) is 27.5. The predicted octanol–water partition coefficient (Wildman–Crippen LogP) is 1.62. The van der Waals surface area contributed by atoms with E-state index in [-0.39, 0.29) is 5.91 Å². The first-order valence-corrected chi connectivity index (χ1v) is 6.28. The molecular formula is C13H18N4O. The molecule has 0 spiro atoms. The van der Waals surface area contributed by atoms with Gasteiger partial charge in [-0.05, 0) is 37.7 Å². The number of aromatic nitrogens is 2. The van der Waals surface area contributed by atoms with E-state index in [1.165, 1.54) is 0 Å². The third-order valence-corrected chi connectivity index (χ3v) is 3.64. The Morgan fingerprint density at radius 1 is 1.61 bits per heavy atom. The minimum Gasteiger partial charge on any atom is -0.332 e. The van der Waals surface area contributed by atoms with E-state index in [1.54, 1.807) is 24.0 Å². The van der Waals surface area contributed by atoms with Crippen LogP contribution >= 0.6 is 0 Å².